The third-order valence-electron chi connectivity index (χ3n) is 5.01. The summed E-state index contributed by atoms with van der Waals surface area (Å²) in [4.78, 5) is 17.9. The minimum absolute atomic E-state index is 0.0144. The number of halogens is 1. The zero-order chi connectivity index (χ0) is 20.3. The number of aromatic nitrogens is 1. The lowest BCUT2D eigenvalue weighted by atomic mass is 10.0. The van der Waals surface area contributed by atoms with Crippen molar-refractivity contribution >= 4 is 16.8 Å². The molecule has 1 aromatic heterocycles. The average molecular weight is 383 g/mol. The van der Waals surface area contributed by atoms with E-state index in [0.717, 1.165) is 33.5 Å². The fourth-order valence-electron chi connectivity index (χ4n) is 3.46. The van der Waals surface area contributed by atoms with Gasteiger partial charge in [0, 0.05) is 23.1 Å². The average Bonchev–Trinajstić information content (AvgIpc) is 2.96. The molecule has 3 aromatic rings. The molecule has 2 aromatic carbocycles. The number of hydrogen-bond acceptors (Lipinski definition) is 3. The topological polar surface area (TPSA) is 57.4 Å². The van der Waals surface area contributed by atoms with Gasteiger partial charge in [-0.1, -0.05) is 12.1 Å². The number of amides is 1. The Morgan fingerprint density at radius 2 is 2.04 bits per heavy atom. The molecule has 0 aliphatic carbocycles. The SMILES string of the molecule is COc1cccc([C@H](CNC(=O)Cc2c(C)[nH]c3ccc(F)cc23)N(C)C)c1. The molecule has 1 heterocycles. The van der Waals surface area contributed by atoms with Gasteiger partial charge in [0.25, 0.3) is 0 Å². The highest BCUT2D eigenvalue weighted by molar-refractivity contribution is 5.90. The van der Waals surface area contributed by atoms with Gasteiger partial charge in [0.05, 0.1) is 19.6 Å². The molecule has 0 radical (unpaired) electrons. The number of nitrogens with one attached hydrogen (secondary N) is 2. The predicted molar refractivity (Wildman–Crippen MR) is 109 cm³/mol. The van der Waals surface area contributed by atoms with Crippen molar-refractivity contribution in [1.29, 1.82) is 0 Å². The van der Waals surface area contributed by atoms with Gasteiger partial charge in [-0.05, 0) is 62.5 Å². The molecule has 28 heavy (non-hydrogen) atoms. The maximum atomic E-state index is 13.6. The van der Waals surface area contributed by atoms with E-state index in [2.05, 4.69) is 15.2 Å². The van der Waals surface area contributed by atoms with Gasteiger partial charge in [-0.15, -0.1) is 0 Å². The van der Waals surface area contributed by atoms with Crippen LogP contribution in [0.4, 0.5) is 4.39 Å². The smallest absolute Gasteiger partial charge is 0.224 e. The summed E-state index contributed by atoms with van der Waals surface area (Å²) in [6.07, 6.45) is 0.202. The van der Waals surface area contributed by atoms with Crippen LogP contribution in [0.1, 0.15) is 22.9 Å². The lowest BCUT2D eigenvalue weighted by molar-refractivity contribution is -0.120. The maximum absolute atomic E-state index is 13.6. The molecule has 3 rings (SSSR count). The molecular formula is C22H26FN3O2. The van der Waals surface area contributed by atoms with Crippen molar-refractivity contribution in [3.05, 3.63) is 65.1 Å². The highest BCUT2D eigenvalue weighted by atomic mass is 19.1. The predicted octanol–water partition coefficient (Wildman–Crippen LogP) is 3.59. The molecule has 1 amide bonds. The number of carbonyl (C=O) groups excluding carboxylic acids is 1. The Morgan fingerprint density at radius 1 is 1.25 bits per heavy atom. The number of methoxy groups -OCH3 is 1. The van der Waals surface area contributed by atoms with Crippen molar-refractivity contribution in [3.8, 4) is 5.75 Å². The molecule has 0 fully saturated rings. The van der Waals surface area contributed by atoms with Crippen LogP contribution in [0.25, 0.3) is 10.9 Å². The largest absolute Gasteiger partial charge is 0.497 e. The molecule has 0 saturated carbocycles. The van der Waals surface area contributed by atoms with E-state index in [1.807, 2.05) is 45.3 Å². The molecule has 1 atom stereocenters. The number of ether oxygens (including phenoxy) is 1. The highest BCUT2D eigenvalue weighted by Crippen LogP contribution is 2.24. The molecule has 0 spiro atoms. The lowest BCUT2D eigenvalue weighted by Gasteiger charge is -2.25. The zero-order valence-corrected chi connectivity index (χ0v) is 16.7. The lowest BCUT2D eigenvalue weighted by Crippen LogP contribution is -2.35. The first-order chi connectivity index (χ1) is 13.4. The number of fused-ring (bicyclic) bond motifs is 1. The molecule has 0 aliphatic rings. The molecule has 0 aliphatic heterocycles. The van der Waals surface area contributed by atoms with Crippen LogP contribution in [0.5, 0.6) is 5.75 Å². The van der Waals surface area contributed by atoms with Gasteiger partial charge in [-0.3, -0.25) is 4.79 Å². The molecule has 0 bridgehead atoms. The Balaban J connectivity index is 1.72. The first-order valence-electron chi connectivity index (χ1n) is 9.23. The monoisotopic (exact) mass is 383 g/mol. The number of aromatic amines is 1. The summed E-state index contributed by atoms with van der Waals surface area (Å²) in [7, 11) is 5.59. The summed E-state index contributed by atoms with van der Waals surface area (Å²) in [6.45, 7) is 2.37. The maximum Gasteiger partial charge on any atom is 0.224 e. The van der Waals surface area contributed by atoms with Crippen molar-refractivity contribution in [3.63, 3.8) is 0 Å². The van der Waals surface area contributed by atoms with Gasteiger partial charge in [-0.2, -0.15) is 0 Å². The fourth-order valence-corrected chi connectivity index (χ4v) is 3.46. The van der Waals surface area contributed by atoms with Gasteiger partial charge in [0.1, 0.15) is 11.6 Å². The van der Waals surface area contributed by atoms with Crippen LogP contribution in [-0.2, 0) is 11.2 Å². The molecule has 5 nitrogen and oxygen atoms in total. The second-order valence-electron chi connectivity index (χ2n) is 7.16. The zero-order valence-electron chi connectivity index (χ0n) is 16.7. The van der Waals surface area contributed by atoms with E-state index in [1.54, 1.807) is 13.2 Å². The van der Waals surface area contributed by atoms with Crippen molar-refractivity contribution in [2.45, 2.75) is 19.4 Å². The Hall–Kier alpha value is -2.86. The number of nitrogens with zero attached hydrogens (tertiary/aromatic N) is 1. The first-order valence-corrected chi connectivity index (χ1v) is 9.23. The van der Waals surface area contributed by atoms with Crippen molar-refractivity contribution in [2.24, 2.45) is 0 Å². The van der Waals surface area contributed by atoms with Crippen LogP contribution in [0.2, 0.25) is 0 Å². The number of rotatable bonds is 7. The van der Waals surface area contributed by atoms with Crippen LogP contribution < -0.4 is 10.1 Å². The van der Waals surface area contributed by atoms with Crippen molar-refractivity contribution in [2.75, 3.05) is 27.7 Å². The van der Waals surface area contributed by atoms with Crippen LogP contribution in [-0.4, -0.2) is 43.5 Å². The molecule has 6 heteroatoms. The third kappa shape index (κ3) is 4.34. The van der Waals surface area contributed by atoms with Gasteiger partial charge in [-0.25, -0.2) is 4.39 Å². The van der Waals surface area contributed by atoms with Crippen LogP contribution in [0.3, 0.4) is 0 Å². The van der Waals surface area contributed by atoms with E-state index in [4.69, 9.17) is 4.74 Å². The van der Waals surface area contributed by atoms with Crippen LogP contribution >= 0.6 is 0 Å². The molecule has 0 unspecified atom stereocenters. The van der Waals surface area contributed by atoms with Gasteiger partial charge in [0.15, 0.2) is 0 Å². The summed E-state index contributed by atoms with van der Waals surface area (Å²) in [6, 6.07) is 12.4. The number of aryl methyl sites for hydroxylation is 1. The van der Waals surface area contributed by atoms with Gasteiger partial charge < -0.3 is 19.9 Å². The van der Waals surface area contributed by atoms with Gasteiger partial charge >= 0.3 is 0 Å². The Labute approximate surface area is 164 Å². The Bertz CT molecular complexity index is 981. The van der Waals surface area contributed by atoms with Crippen molar-refractivity contribution in [1.82, 2.24) is 15.2 Å². The summed E-state index contributed by atoms with van der Waals surface area (Å²) in [5.41, 5.74) is 3.61. The normalized spacial score (nSPS) is 12.4. The summed E-state index contributed by atoms with van der Waals surface area (Å²) >= 11 is 0. The fraction of sp³-hybridized carbons (Fsp3) is 0.318. The van der Waals surface area contributed by atoms with Crippen molar-refractivity contribution < 1.29 is 13.9 Å². The third-order valence-corrected chi connectivity index (χ3v) is 5.01. The second-order valence-corrected chi connectivity index (χ2v) is 7.16. The van der Waals surface area contributed by atoms with Gasteiger partial charge in [0.2, 0.25) is 5.91 Å². The molecule has 0 saturated heterocycles. The number of hydrogen-bond donors (Lipinski definition) is 2. The summed E-state index contributed by atoms with van der Waals surface area (Å²) < 4.78 is 18.9. The number of likely N-dealkylation sites (N-methyl/N-ethyl adjacent to an activating group) is 1. The standard InChI is InChI=1S/C22H26FN3O2/c1-14-18(19-11-16(23)8-9-20(19)25-14)12-22(27)24-13-21(26(2)3)15-6-5-7-17(10-15)28-4/h5-11,21,25H,12-13H2,1-4H3,(H,24,27)/t21-/m0/s1. The van der Waals surface area contributed by atoms with Crippen LogP contribution in [0.15, 0.2) is 42.5 Å². The second kappa shape index (κ2) is 8.44. The molecular weight excluding hydrogens is 357 g/mol. The highest BCUT2D eigenvalue weighted by Gasteiger charge is 2.18. The quantitative estimate of drug-likeness (QED) is 0.656. The number of carbonyl (C=O) groups is 1. The summed E-state index contributed by atoms with van der Waals surface area (Å²) in [5.74, 6) is 0.383. The van der Waals surface area contributed by atoms with E-state index in [0.29, 0.717) is 6.54 Å². The van der Waals surface area contributed by atoms with E-state index in [9.17, 15) is 9.18 Å². The first kappa shape index (κ1) is 19.9. The van der Waals surface area contributed by atoms with E-state index >= 15 is 0 Å². The Kier molecular flexibility index (Phi) is 5.99. The minimum Gasteiger partial charge on any atom is -0.497 e. The molecule has 2 N–H and O–H groups in total. The minimum atomic E-state index is -0.307. The number of benzene rings is 2. The number of H-pyrrole nitrogens is 1. The Morgan fingerprint density at radius 3 is 2.75 bits per heavy atom. The molecule has 148 valence electrons. The summed E-state index contributed by atoms with van der Waals surface area (Å²) in [5, 5.41) is 3.77. The van der Waals surface area contributed by atoms with E-state index in [1.165, 1.54) is 12.1 Å². The van der Waals surface area contributed by atoms with Crippen LogP contribution in [0, 0.1) is 12.7 Å². The van der Waals surface area contributed by atoms with E-state index in [-0.39, 0.29) is 24.2 Å². The van der Waals surface area contributed by atoms with E-state index < -0.39 is 0 Å².